The standard InChI is InChI=1S/C15H17N3O/c1-15(14-12(4-6-18-15)16-9-17-14)11-2-3-13-10(8-11)5-7-19-13/h2-3,8-9,18H,4-7H2,1H3,(H,16,17). The molecule has 2 N–H and O–H groups in total. The van der Waals surface area contributed by atoms with Gasteiger partial charge in [0.05, 0.1) is 24.2 Å². The van der Waals surface area contributed by atoms with E-state index in [0.29, 0.717) is 0 Å². The summed E-state index contributed by atoms with van der Waals surface area (Å²) in [6.07, 6.45) is 3.82. The van der Waals surface area contributed by atoms with Crippen LogP contribution in [-0.4, -0.2) is 23.1 Å². The number of hydrogen-bond donors (Lipinski definition) is 2. The molecule has 2 aliphatic rings. The summed E-state index contributed by atoms with van der Waals surface area (Å²) in [7, 11) is 0. The Morgan fingerprint density at radius 1 is 1.32 bits per heavy atom. The molecule has 0 aliphatic carbocycles. The van der Waals surface area contributed by atoms with Crippen LogP contribution in [0.15, 0.2) is 24.5 Å². The van der Waals surface area contributed by atoms with Gasteiger partial charge in [-0.2, -0.15) is 0 Å². The van der Waals surface area contributed by atoms with E-state index in [0.717, 1.165) is 37.4 Å². The first-order chi connectivity index (χ1) is 9.27. The first kappa shape index (κ1) is 11.1. The lowest BCUT2D eigenvalue weighted by Crippen LogP contribution is -2.46. The zero-order valence-electron chi connectivity index (χ0n) is 11.0. The quantitative estimate of drug-likeness (QED) is 0.816. The predicted molar refractivity (Wildman–Crippen MR) is 72.4 cm³/mol. The molecule has 4 nitrogen and oxygen atoms in total. The van der Waals surface area contributed by atoms with Gasteiger partial charge in [0.25, 0.3) is 0 Å². The van der Waals surface area contributed by atoms with Gasteiger partial charge in [0, 0.05) is 25.1 Å². The zero-order valence-corrected chi connectivity index (χ0v) is 11.0. The third kappa shape index (κ3) is 1.53. The van der Waals surface area contributed by atoms with Crippen LogP contribution in [0.4, 0.5) is 0 Å². The van der Waals surface area contributed by atoms with Crippen LogP contribution in [0.3, 0.4) is 0 Å². The summed E-state index contributed by atoms with van der Waals surface area (Å²) < 4.78 is 5.59. The van der Waals surface area contributed by atoms with Gasteiger partial charge in [0.15, 0.2) is 0 Å². The molecule has 0 bridgehead atoms. The van der Waals surface area contributed by atoms with Crippen molar-refractivity contribution in [2.24, 2.45) is 0 Å². The summed E-state index contributed by atoms with van der Waals surface area (Å²) in [6, 6.07) is 6.51. The largest absolute Gasteiger partial charge is 0.493 e. The summed E-state index contributed by atoms with van der Waals surface area (Å²) in [6.45, 7) is 3.99. The van der Waals surface area contributed by atoms with E-state index in [9.17, 15) is 0 Å². The Balaban J connectivity index is 1.84. The molecule has 0 radical (unpaired) electrons. The SMILES string of the molecule is CC1(c2ccc3c(c2)CCO3)NCCc2[nH]cnc21. The van der Waals surface area contributed by atoms with E-state index < -0.39 is 0 Å². The maximum absolute atomic E-state index is 5.59. The van der Waals surface area contributed by atoms with Crippen LogP contribution in [0.5, 0.6) is 5.75 Å². The number of aromatic amines is 1. The van der Waals surface area contributed by atoms with E-state index >= 15 is 0 Å². The molecule has 19 heavy (non-hydrogen) atoms. The van der Waals surface area contributed by atoms with Crippen LogP contribution in [0.1, 0.15) is 29.4 Å². The Morgan fingerprint density at radius 3 is 3.21 bits per heavy atom. The second-order valence-corrected chi connectivity index (χ2v) is 5.45. The van der Waals surface area contributed by atoms with Crippen molar-refractivity contribution in [2.75, 3.05) is 13.2 Å². The summed E-state index contributed by atoms with van der Waals surface area (Å²) in [5, 5.41) is 3.62. The molecule has 0 fully saturated rings. The number of H-pyrrole nitrogens is 1. The lowest BCUT2D eigenvalue weighted by Gasteiger charge is -2.34. The highest BCUT2D eigenvalue weighted by Gasteiger charge is 2.36. The van der Waals surface area contributed by atoms with Crippen LogP contribution in [-0.2, 0) is 18.4 Å². The minimum atomic E-state index is -0.203. The highest BCUT2D eigenvalue weighted by Crippen LogP contribution is 2.36. The Labute approximate surface area is 112 Å². The summed E-state index contributed by atoms with van der Waals surface area (Å²) in [5.41, 5.74) is 4.74. The smallest absolute Gasteiger partial charge is 0.122 e. The molecule has 1 atom stereocenters. The molecule has 1 aromatic carbocycles. The van der Waals surface area contributed by atoms with Gasteiger partial charge in [-0.15, -0.1) is 0 Å². The third-order valence-electron chi connectivity index (χ3n) is 4.31. The first-order valence-electron chi connectivity index (χ1n) is 6.81. The number of hydrogen-bond acceptors (Lipinski definition) is 3. The molecular formula is C15H17N3O. The van der Waals surface area contributed by atoms with Crippen molar-refractivity contribution in [3.05, 3.63) is 47.0 Å². The van der Waals surface area contributed by atoms with Crippen LogP contribution in [0.25, 0.3) is 0 Å². The number of aromatic nitrogens is 2. The van der Waals surface area contributed by atoms with Crippen molar-refractivity contribution in [3.8, 4) is 5.75 Å². The van der Waals surface area contributed by atoms with Crippen molar-refractivity contribution in [1.82, 2.24) is 15.3 Å². The van der Waals surface area contributed by atoms with Gasteiger partial charge in [-0.25, -0.2) is 4.98 Å². The van der Waals surface area contributed by atoms with Crippen LogP contribution in [0.2, 0.25) is 0 Å². The van der Waals surface area contributed by atoms with Gasteiger partial charge in [0.2, 0.25) is 0 Å². The monoisotopic (exact) mass is 255 g/mol. The van der Waals surface area contributed by atoms with Gasteiger partial charge >= 0.3 is 0 Å². The maximum Gasteiger partial charge on any atom is 0.122 e. The van der Waals surface area contributed by atoms with Crippen LogP contribution in [0, 0.1) is 0 Å². The van der Waals surface area contributed by atoms with Gasteiger partial charge in [-0.05, 0) is 30.2 Å². The number of fused-ring (bicyclic) bond motifs is 2. The summed E-state index contributed by atoms with van der Waals surface area (Å²) >= 11 is 0. The average Bonchev–Trinajstić information content (AvgIpc) is 3.07. The topological polar surface area (TPSA) is 49.9 Å². The highest BCUT2D eigenvalue weighted by atomic mass is 16.5. The van der Waals surface area contributed by atoms with E-state index in [1.54, 1.807) is 6.33 Å². The molecule has 0 amide bonds. The van der Waals surface area contributed by atoms with E-state index in [2.05, 4.69) is 40.4 Å². The molecule has 1 aromatic heterocycles. The second-order valence-electron chi connectivity index (χ2n) is 5.45. The Kier molecular flexibility index (Phi) is 2.23. The molecule has 0 saturated heterocycles. The van der Waals surface area contributed by atoms with Crippen molar-refractivity contribution in [3.63, 3.8) is 0 Å². The van der Waals surface area contributed by atoms with Crippen molar-refractivity contribution in [2.45, 2.75) is 25.3 Å². The Hall–Kier alpha value is -1.81. The van der Waals surface area contributed by atoms with E-state index in [1.807, 2.05) is 0 Å². The number of rotatable bonds is 1. The highest BCUT2D eigenvalue weighted by molar-refractivity contribution is 5.46. The number of benzene rings is 1. The number of imidazole rings is 1. The molecule has 0 saturated carbocycles. The first-order valence-corrected chi connectivity index (χ1v) is 6.81. The molecule has 3 heterocycles. The number of nitrogens with one attached hydrogen (secondary N) is 2. The van der Waals surface area contributed by atoms with E-state index in [4.69, 9.17) is 4.74 Å². The van der Waals surface area contributed by atoms with Crippen molar-refractivity contribution < 1.29 is 4.74 Å². The average molecular weight is 255 g/mol. The minimum Gasteiger partial charge on any atom is -0.493 e. The van der Waals surface area contributed by atoms with Crippen LogP contribution >= 0.6 is 0 Å². The zero-order chi connectivity index (χ0) is 12.9. The molecule has 1 unspecified atom stereocenters. The van der Waals surface area contributed by atoms with Crippen molar-refractivity contribution >= 4 is 0 Å². The van der Waals surface area contributed by atoms with Gasteiger partial charge in [0.1, 0.15) is 5.75 Å². The lowest BCUT2D eigenvalue weighted by atomic mass is 9.83. The number of nitrogens with zero attached hydrogens (tertiary/aromatic N) is 1. The Morgan fingerprint density at radius 2 is 2.26 bits per heavy atom. The fraction of sp³-hybridized carbons (Fsp3) is 0.400. The van der Waals surface area contributed by atoms with Gasteiger partial charge in [-0.3, -0.25) is 0 Å². The van der Waals surface area contributed by atoms with Crippen LogP contribution < -0.4 is 10.1 Å². The van der Waals surface area contributed by atoms with Gasteiger partial charge < -0.3 is 15.0 Å². The third-order valence-corrected chi connectivity index (χ3v) is 4.31. The Bertz CT molecular complexity index is 634. The molecule has 2 aliphatic heterocycles. The minimum absolute atomic E-state index is 0.203. The normalized spacial score (nSPS) is 24.7. The molecule has 4 rings (SSSR count). The molecule has 2 aromatic rings. The van der Waals surface area contributed by atoms with E-state index in [1.165, 1.54) is 16.8 Å². The number of ether oxygens (including phenoxy) is 1. The second kappa shape index (κ2) is 3.84. The lowest BCUT2D eigenvalue weighted by molar-refractivity contribution is 0.356. The fourth-order valence-electron chi connectivity index (χ4n) is 3.20. The molecule has 4 heteroatoms. The fourth-order valence-corrected chi connectivity index (χ4v) is 3.20. The molecule has 0 spiro atoms. The summed E-state index contributed by atoms with van der Waals surface area (Å²) in [5.74, 6) is 1.03. The van der Waals surface area contributed by atoms with E-state index in [-0.39, 0.29) is 5.54 Å². The summed E-state index contributed by atoms with van der Waals surface area (Å²) in [4.78, 5) is 7.79. The maximum atomic E-state index is 5.59. The molecular weight excluding hydrogens is 238 g/mol. The van der Waals surface area contributed by atoms with Gasteiger partial charge in [-0.1, -0.05) is 6.07 Å². The molecule has 98 valence electrons. The van der Waals surface area contributed by atoms with Crippen molar-refractivity contribution in [1.29, 1.82) is 0 Å². The predicted octanol–water partition coefficient (Wildman–Crippen LogP) is 1.75.